The Morgan fingerprint density at radius 1 is 1.00 bits per heavy atom. The molecular formula is C25H34N2O3. The molecule has 0 spiro atoms. The van der Waals surface area contributed by atoms with Crippen molar-refractivity contribution in [3.05, 3.63) is 59.2 Å². The van der Waals surface area contributed by atoms with Gasteiger partial charge in [-0.2, -0.15) is 0 Å². The van der Waals surface area contributed by atoms with Gasteiger partial charge in [-0.25, -0.2) is 0 Å². The first-order valence-electron chi connectivity index (χ1n) is 10.8. The number of benzene rings is 2. The molecule has 0 unspecified atom stereocenters. The lowest BCUT2D eigenvalue weighted by Gasteiger charge is -2.17. The third-order valence-electron chi connectivity index (χ3n) is 5.88. The van der Waals surface area contributed by atoms with Gasteiger partial charge in [-0.3, -0.25) is 4.79 Å². The zero-order valence-electron chi connectivity index (χ0n) is 18.4. The SMILES string of the molecule is COc1cc(CCN(C)CCCCNC(=O)C2Cc3ccccc3C2)cc(OC)c1. The maximum absolute atomic E-state index is 12.4. The molecule has 1 amide bonds. The van der Waals surface area contributed by atoms with Gasteiger partial charge in [0.05, 0.1) is 14.2 Å². The molecule has 3 rings (SSSR count). The second kappa shape index (κ2) is 11.0. The molecule has 162 valence electrons. The van der Waals surface area contributed by atoms with Crippen LogP contribution in [0.1, 0.15) is 29.5 Å². The molecule has 0 saturated heterocycles. The summed E-state index contributed by atoms with van der Waals surface area (Å²) in [4.78, 5) is 14.8. The van der Waals surface area contributed by atoms with Gasteiger partial charge in [0, 0.05) is 25.1 Å². The van der Waals surface area contributed by atoms with E-state index in [9.17, 15) is 4.79 Å². The Balaban J connectivity index is 1.30. The molecule has 0 fully saturated rings. The number of carbonyl (C=O) groups is 1. The van der Waals surface area contributed by atoms with Crippen molar-refractivity contribution < 1.29 is 14.3 Å². The number of likely N-dealkylation sites (N-methyl/N-ethyl adjacent to an activating group) is 1. The number of nitrogens with one attached hydrogen (secondary N) is 1. The zero-order valence-corrected chi connectivity index (χ0v) is 18.4. The van der Waals surface area contributed by atoms with Crippen LogP contribution in [-0.2, 0) is 24.1 Å². The Labute approximate surface area is 180 Å². The molecule has 5 heteroatoms. The van der Waals surface area contributed by atoms with Crippen molar-refractivity contribution >= 4 is 5.91 Å². The highest BCUT2D eigenvalue weighted by Gasteiger charge is 2.26. The average Bonchev–Trinajstić information content (AvgIpc) is 3.21. The fourth-order valence-corrected chi connectivity index (χ4v) is 4.05. The van der Waals surface area contributed by atoms with E-state index in [1.54, 1.807) is 14.2 Å². The van der Waals surface area contributed by atoms with Crippen molar-refractivity contribution in [1.29, 1.82) is 0 Å². The highest BCUT2D eigenvalue weighted by atomic mass is 16.5. The molecule has 0 radical (unpaired) electrons. The molecule has 0 aromatic heterocycles. The number of fused-ring (bicyclic) bond motifs is 1. The minimum atomic E-state index is 0.102. The van der Waals surface area contributed by atoms with Crippen LogP contribution in [0.25, 0.3) is 0 Å². The number of hydrogen-bond donors (Lipinski definition) is 1. The van der Waals surface area contributed by atoms with Gasteiger partial charge in [-0.1, -0.05) is 24.3 Å². The molecule has 2 aromatic rings. The van der Waals surface area contributed by atoms with Crippen LogP contribution in [0.4, 0.5) is 0 Å². The van der Waals surface area contributed by atoms with Crippen molar-refractivity contribution in [1.82, 2.24) is 10.2 Å². The van der Waals surface area contributed by atoms with Gasteiger partial charge < -0.3 is 19.7 Å². The first-order chi connectivity index (χ1) is 14.6. The van der Waals surface area contributed by atoms with Gasteiger partial charge in [-0.15, -0.1) is 0 Å². The summed E-state index contributed by atoms with van der Waals surface area (Å²) < 4.78 is 10.7. The summed E-state index contributed by atoms with van der Waals surface area (Å²) in [7, 11) is 5.50. The number of hydrogen-bond acceptors (Lipinski definition) is 4. The number of amides is 1. The first kappa shape index (κ1) is 22.2. The van der Waals surface area contributed by atoms with E-state index >= 15 is 0 Å². The number of rotatable bonds is 11. The molecule has 2 aromatic carbocycles. The van der Waals surface area contributed by atoms with Crippen LogP contribution in [0, 0.1) is 5.92 Å². The highest BCUT2D eigenvalue weighted by molar-refractivity contribution is 5.80. The summed E-state index contributed by atoms with van der Waals surface area (Å²) >= 11 is 0. The molecule has 1 aliphatic carbocycles. The number of nitrogens with zero attached hydrogens (tertiary/aromatic N) is 1. The van der Waals surface area contributed by atoms with Crippen molar-refractivity contribution in [2.24, 2.45) is 5.92 Å². The summed E-state index contributed by atoms with van der Waals surface area (Å²) in [5.74, 6) is 1.96. The molecule has 0 bridgehead atoms. The fraction of sp³-hybridized carbons (Fsp3) is 0.480. The van der Waals surface area contributed by atoms with Crippen LogP contribution in [0.15, 0.2) is 42.5 Å². The Hall–Kier alpha value is -2.53. The summed E-state index contributed by atoms with van der Waals surface area (Å²) in [6.45, 7) is 2.75. The maximum Gasteiger partial charge on any atom is 0.223 e. The van der Waals surface area contributed by atoms with Crippen LogP contribution in [0.3, 0.4) is 0 Å². The summed E-state index contributed by atoms with van der Waals surface area (Å²) in [5.41, 5.74) is 3.86. The smallest absolute Gasteiger partial charge is 0.223 e. The van der Waals surface area contributed by atoms with Crippen molar-refractivity contribution in [3.8, 4) is 11.5 Å². The van der Waals surface area contributed by atoms with E-state index in [-0.39, 0.29) is 11.8 Å². The van der Waals surface area contributed by atoms with Crippen LogP contribution in [0.5, 0.6) is 11.5 Å². The maximum atomic E-state index is 12.4. The summed E-state index contributed by atoms with van der Waals surface area (Å²) in [6, 6.07) is 14.4. The van der Waals surface area contributed by atoms with Gasteiger partial charge in [0.2, 0.25) is 5.91 Å². The van der Waals surface area contributed by atoms with Gasteiger partial charge >= 0.3 is 0 Å². The van der Waals surface area contributed by atoms with E-state index in [0.717, 1.165) is 63.2 Å². The first-order valence-corrected chi connectivity index (χ1v) is 10.8. The van der Waals surface area contributed by atoms with Gasteiger partial charge in [0.25, 0.3) is 0 Å². The molecule has 0 heterocycles. The number of unbranched alkanes of at least 4 members (excludes halogenated alkanes) is 1. The minimum absolute atomic E-state index is 0.102. The molecule has 1 aliphatic rings. The molecule has 30 heavy (non-hydrogen) atoms. The molecule has 0 aliphatic heterocycles. The van der Waals surface area contributed by atoms with E-state index < -0.39 is 0 Å². The third-order valence-corrected chi connectivity index (χ3v) is 5.88. The van der Waals surface area contributed by atoms with E-state index in [1.807, 2.05) is 6.07 Å². The molecule has 1 N–H and O–H groups in total. The Bertz CT molecular complexity index is 790. The second-order valence-electron chi connectivity index (χ2n) is 8.15. The van der Waals surface area contributed by atoms with Crippen molar-refractivity contribution in [2.75, 3.05) is 40.9 Å². The number of carbonyl (C=O) groups excluding carboxylic acids is 1. The predicted octanol–water partition coefficient (Wildman–Crippen LogP) is 3.49. The molecule has 5 nitrogen and oxygen atoms in total. The Kier molecular flexibility index (Phi) is 8.14. The summed E-state index contributed by atoms with van der Waals surface area (Å²) in [6.07, 6.45) is 4.77. The average molecular weight is 411 g/mol. The minimum Gasteiger partial charge on any atom is -0.497 e. The summed E-state index contributed by atoms with van der Waals surface area (Å²) in [5, 5.41) is 3.13. The monoisotopic (exact) mass is 410 g/mol. The van der Waals surface area contributed by atoms with Crippen molar-refractivity contribution in [2.45, 2.75) is 32.1 Å². The van der Waals surface area contributed by atoms with Crippen LogP contribution in [-0.4, -0.2) is 51.7 Å². The van der Waals surface area contributed by atoms with E-state index in [0.29, 0.717) is 0 Å². The van der Waals surface area contributed by atoms with Crippen LogP contribution >= 0.6 is 0 Å². The van der Waals surface area contributed by atoms with Crippen LogP contribution in [0.2, 0.25) is 0 Å². The van der Waals surface area contributed by atoms with Gasteiger partial charge in [0.1, 0.15) is 11.5 Å². The van der Waals surface area contributed by atoms with E-state index in [2.05, 4.69) is 53.7 Å². The largest absolute Gasteiger partial charge is 0.497 e. The fourth-order valence-electron chi connectivity index (χ4n) is 4.05. The quantitative estimate of drug-likeness (QED) is 0.576. The Morgan fingerprint density at radius 3 is 2.23 bits per heavy atom. The van der Waals surface area contributed by atoms with E-state index in [4.69, 9.17) is 9.47 Å². The standard InChI is InChI=1S/C25H34N2O3/c1-27(13-10-19-14-23(29-2)18-24(15-19)30-3)12-7-6-11-26-25(28)22-16-20-8-4-5-9-21(20)17-22/h4-5,8-9,14-15,18,22H,6-7,10-13,16-17H2,1-3H3,(H,26,28). The third kappa shape index (κ3) is 6.23. The van der Waals surface area contributed by atoms with Gasteiger partial charge in [-0.05, 0) is 74.5 Å². The normalized spacial score (nSPS) is 13.3. The molecular weight excluding hydrogens is 376 g/mol. The van der Waals surface area contributed by atoms with Crippen molar-refractivity contribution in [3.63, 3.8) is 0 Å². The predicted molar refractivity (Wildman–Crippen MR) is 120 cm³/mol. The number of ether oxygens (including phenoxy) is 2. The lowest BCUT2D eigenvalue weighted by atomic mass is 10.1. The Morgan fingerprint density at radius 2 is 1.63 bits per heavy atom. The lowest BCUT2D eigenvalue weighted by molar-refractivity contribution is -0.124. The van der Waals surface area contributed by atoms with E-state index in [1.165, 1.54) is 16.7 Å². The molecule has 0 saturated carbocycles. The number of methoxy groups -OCH3 is 2. The lowest BCUT2D eigenvalue weighted by Crippen LogP contribution is -2.32. The topological polar surface area (TPSA) is 50.8 Å². The highest BCUT2D eigenvalue weighted by Crippen LogP contribution is 2.26. The van der Waals surface area contributed by atoms with Crippen LogP contribution < -0.4 is 14.8 Å². The second-order valence-corrected chi connectivity index (χ2v) is 8.15. The zero-order chi connectivity index (χ0) is 21.3. The van der Waals surface area contributed by atoms with Gasteiger partial charge in [0.15, 0.2) is 0 Å². The molecule has 0 atom stereocenters.